The molecule has 2 aromatic carbocycles. The van der Waals surface area contributed by atoms with Crippen LogP contribution in [0.5, 0.6) is 0 Å². The number of carbonyl (C=O) groups is 1. The van der Waals surface area contributed by atoms with E-state index in [2.05, 4.69) is 29.2 Å². The van der Waals surface area contributed by atoms with Gasteiger partial charge < -0.3 is 10.0 Å². The number of aliphatic hydroxyl groups excluding tert-OH is 1. The summed E-state index contributed by atoms with van der Waals surface area (Å²) in [6, 6.07) is 15.2. The number of hydrogen-bond donors (Lipinski definition) is 1. The van der Waals surface area contributed by atoms with E-state index < -0.39 is 0 Å². The van der Waals surface area contributed by atoms with Gasteiger partial charge in [-0.05, 0) is 48.2 Å². The Labute approximate surface area is 165 Å². The van der Waals surface area contributed by atoms with Crippen LogP contribution in [-0.2, 0) is 4.79 Å². The van der Waals surface area contributed by atoms with E-state index in [9.17, 15) is 14.3 Å². The molecule has 2 aliphatic heterocycles. The molecule has 3 atom stereocenters. The quantitative estimate of drug-likeness (QED) is 0.886. The van der Waals surface area contributed by atoms with E-state index in [4.69, 9.17) is 0 Å². The zero-order chi connectivity index (χ0) is 19.7. The van der Waals surface area contributed by atoms with Crippen LogP contribution in [0.3, 0.4) is 0 Å². The van der Waals surface area contributed by atoms with Gasteiger partial charge in [0.05, 0.1) is 6.61 Å². The maximum Gasteiger partial charge on any atom is 0.219 e. The van der Waals surface area contributed by atoms with E-state index >= 15 is 0 Å². The van der Waals surface area contributed by atoms with Crippen LogP contribution in [0.15, 0.2) is 48.5 Å². The van der Waals surface area contributed by atoms with Gasteiger partial charge in [0, 0.05) is 38.0 Å². The number of amides is 1. The second kappa shape index (κ2) is 8.02. The van der Waals surface area contributed by atoms with E-state index in [1.807, 2.05) is 4.90 Å². The van der Waals surface area contributed by atoms with Crippen molar-refractivity contribution in [3.8, 4) is 11.1 Å². The van der Waals surface area contributed by atoms with Gasteiger partial charge in [-0.1, -0.05) is 36.4 Å². The molecule has 0 unspecified atom stereocenters. The predicted octanol–water partition coefficient (Wildman–Crippen LogP) is 3.26. The molecule has 0 radical (unpaired) electrons. The molecule has 2 heterocycles. The van der Waals surface area contributed by atoms with Gasteiger partial charge in [0.1, 0.15) is 5.82 Å². The maximum atomic E-state index is 13.2. The normalized spacial score (nSPS) is 25.4. The van der Waals surface area contributed by atoms with Crippen molar-refractivity contribution in [2.45, 2.75) is 37.8 Å². The second-order valence-electron chi connectivity index (χ2n) is 7.88. The van der Waals surface area contributed by atoms with Crippen LogP contribution < -0.4 is 0 Å². The molecule has 2 saturated heterocycles. The monoisotopic (exact) mass is 382 g/mol. The van der Waals surface area contributed by atoms with Gasteiger partial charge in [-0.15, -0.1) is 0 Å². The first-order valence-corrected chi connectivity index (χ1v) is 10.1. The Morgan fingerprint density at radius 3 is 2.25 bits per heavy atom. The molecule has 5 heteroatoms. The lowest BCUT2D eigenvalue weighted by Gasteiger charge is -2.57. The van der Waals surface area contributed by atoms with E-state index in [1.165, 1.54) is 17.7 Å². The van der Waals surface area contributed by atoms with Crippen molar-refractivity contribution in [2.24, 2.45) is 0 Å². The van der Waals surface area contributed by atoms with E-state index in [0.717, 1.165) is 43.6 Å². The minimum atomic E-state index is -0.236. The van der Waals surface area contributed by atoms with Gasteiger partial charge in [0.2, 0.25) is 5.91 Å². The van der Waals surface area contributed by atoms with Gasteiger partial charge in [0.25, 0.3) is 0 Å². The highest BCUT2D eigenvalue weighted by Crippen LogP contribution is 2.42. The van der Waals surface area contributed by atoms with Crippen LogP contribution in [-0.4, -0.2) is 59.1 Å². The predicted molar refractivity (Wildman–Crippen MR) is 107 cm³/mol. The van der Waals surface area contributed by atoms with Crippen LogP contribution >= 0.6 is 0 Å². The molecule has 1 amide bonds. The lowest BCUT2D eigenvalue weighted by atomic mass is 9.74. The summed E-state index contributed by atoms with van der Waals surface area (Å²) >= 11 is 0. The van der Waals surface area contributed by atoms with Crippen LogP contribution in [0, 0.1) is 5.82 Å². The zero-order valence-corrected chi connectivity index (χ0v) is 16.2. The van der Waals surface area contributed by atoms with Crippen molar-refractivity contribution in [2.75, 3.05) is 26.2 Å². The number of halogens is 1. The Balaban J connectivity index is 1.57. The van der Waals surface area contributed by atoms with E-state index in [0.29, 0.717) is 0 Å². The Hall–Kier alpha value is -2.24. The molecule has 1 N–H and O–H groups in total. The number of aliphatic hydroxyl groups is 1. The fourth-order valence-corrected chi connectivity index (χ4v) is 4.77. The van der Waals surface area contributed by atoms with Crippen LogP contribution in [0.2, 0.25) is 0 Å². The first kappa shape index (κ1) is 19.1. The number of nitrogens with zero attached hydrogens (tertiary/aromatic N) is 2. The van der Waals surface area contributed by atoms with Crippen LogP contribution in [0.25, 0.3) is 11.1 Å². The number of benzene rings is 2. The molecule has 0 saturated carbocycles. The van der Waals surface area contributed by atoms with Gasteiger partial charge in [-0.25, -0.2) is 4.39 Å². The molecule has 0 aromatic heterocycles. The third kappa shape index (κ3) is 3.56. The van der Waals surface area contributed by atoms with Gasteiger partial charge in [0.15, 0.2) is 0 Å². The number of hydrogen-bond acceptors (Lipinski definition) is 3. The van der Waals surface area contributed by atoms with Crippen molar-refractivity contribution >= 4 is 5.91 Å². The van der Waals surface area contributed by atoms with Crippen molar-refractivity contribution in [3.05, 3.63) is 59.9 Å². The number of carbonyl (C=O) groups excluding carboxylic acids is 1. The number of fused-ring (bicyclic) bond motifs is 1. The Kier molecular flexibility index (Phi) is 5.47. The topological polar surface area (TPSA) is 43.8 Å². The SMILES string of the molecule is CC(=O)N1CCCCN2[C@H](CO)[C@@H](c3ccc(-c4ccc(F)cc4)cc3)[C@@H]2C1. The van der Waals surface area contributed by atoms with Crippen LogP contribution in [0.1, 0.15) is 31.2 Å². The van der Waals surface area contributed by atoms with Crippen molar-refractivity contribution < 1.29 is 14.3 Å². The highest BCUT2D eigenvalue weighted by atomic mass is 19.1. The molecule has 2 aliphatic rings. The first-order chi connectivity index (χ1) is 13.6. The summed E-state index contributed by atoms with van der Waals surface area (Å²) in [5, 5.41) is 9.99. The second-order valence-corrected chi connectivity index (χ2v) is 7.88. The molecular weight excluding hydrogens is 355 g/mol. The third-order valence-corrected chi connectivity index (χ3v) is 6.29. The average Bonchev–Trinajstić information content (AvgIpc) is 2.67. The molecule has 0 bridgehead atoms. The molecule has 148 valence electrons. The highest BCUT2D eigenvalue weighted by molar-refractivity contribution is 5.73. The van der Waals surface area contributed by atoms with Gasteiger partial charge >= 0.3 is 0 Å². The standard InChI is InChI=1S/C23H27FN2O2/c1-16(28)25-12-2-3-13-26-21(14-25)23(22(26)15-27)19-6-4-17(5-7-19)18-8-10-20(24)11-9-18/h4-11,21-23,27H,2-3,12-15H2,1H3/t21-,22+,23-/m0/s1. The molecule has 2 fully saturated rings. The summed E-state index contributed by atoms with van der Waals surface area (Å²) < 4.78 is 13.2. The Morgan fingerprint density at radius 1 is 1.04 bits per heavy atom. The maximum absolute atomic E-state index is 13.2. The van der Waals surface area contributed by atoms with E-state index in [-0.39, 0.29) is 36.3 Å². The van der Waals surface area contributed by atoms with Crippen molar-refractivity contribution in [1.82, 2.24) is 9.80 Å². The molecule has 2 aromatic rings. The van der Waals surface area contributed by atoms with Gasteiger partial charge in [-0.3, -0.25) is 9.69 Å². The fraction of sp³-hybridized carbons (Fsp3) is 0.435. The minimum absolute atomic E-state index is 0.105. The molecule has 28 heavy (non-hydrogen) atoms. The molecule has 0 aliphatic carbocycles. The summed E-state index contributed by atoms with van der Waals surface area (Å²) in [7, 11) is 0. The molecule has 4 rings (SSSR count). The molecular formula is C23H27FN2O2. The van der Waals surface area contributed by atoms with Gasteiger partial charge in [-0.2, -0.15) is 0 Å². The molecule has 0 spiro atoms. The molecule has 4 nitrogen and oxygen atoms in total. The Morgan fingerprint density at radius 2 is 1.64 bits per heavy atom. The van der Waals surface area contributed by atoms with Crippen LogP contribution in [0.4, 0.5) is 4.39 Å². The average molecular weight is 382 g/mol. The fourth-order valence-electron chi connectivity index (χ4n) is 4.77. The Bertz CT molecular complexity index is 822. The minimum Gasteiger partial charge on any atom is -0.395 e. The largest absolute Gasteiger partial charge is 0.395 e. The lowest BCUT2D eigenvalue weighted by Crippen LogP contribution is -2.67. The summed E-state index contributed by atoms with van der Waals surface area (Å²) in [5.74, 6) is 0.104. The van der Waals surface area contributed by atoms with Crippen molar-refractivity contribution in [3.63, 3.8) is 0 Å². The lowest BCUT2D eigenvalue weighted by molar-refractivity contribution is -0.134. The number of rotatable bonds is 3. The summed E-state index contributed by atoms with van der Waals surface area (Å²) in [6.45, 7) is 4.28. The van der Waals surface area contributed by atoms with Crippen molar-refractivity contribution in [1.29, 1.82) is 0 Å². The first-order valence-electron chi connectivity index (χ1n) is 10.1. The summed E-state index contributed by atoms with van der Waals surface area (Å²) in [6.07, 6.45) is 2.06. The summed E-state index contributed by atoms with van der Waals surface area (Å²) in [5.41, 5.74) is 3.22. The third-order valence-electron chi connectivity index (χ3n) is 6.29. The summed E-state index contributed by atoms with van der Waals surface area (Å²) in [4.78, 5) is 16.3. The smallest absolute Gasteiger partial charge is 0.219 e. The zero-order valence-electron chi connectivity index (χ0n) is 16.2. The highest BCUT2D eigenvalue weighted by Gasteiger charge is 2.49. The van der Waals surface area contributed by atoms with E-state index in [1.54, 1.807) is 19.1 Å².